The summed E-state index contributed by atoms with van der Waals surface area (Å²) in [6.07, 6.45) is 0. The van der Waals surface area contributed by atoms with Crippen molar-refractivity contribution < 1.29 is 22.3 Å². The Morgan fingerprint density at radius 3 is 2.56 bits per heavy atom. The van der Waals surface area contributed by atoms with Gasteiger partial charge in [-0.25, -0.2) is 12.8 Å². The molecule has 8 heteroatoms. The fraction of sp³-hybridized carbons (Fsp3) is 0.316. The van der Waals surface area contributed by atoms with E-state index in [1.165, 1.54) is 31.4 Å². The normalized spacial score (nSPS) is 18.2. The van der Waals surface area contributed by atoms with E-state index in [4.69, 9.17) is 4.74 Å². The average Bonchev–Trinajstić information content (AvgIpc) is 2.63. The Hall–Kier alpha value is -2.45. The zero-order chi connectivity index (χ0) is 19.8. The number of benzene rings is 2. The molecule has 6 nitrogen and oxygen atoms in total. The quantitative estimate of drug-likeness (QED) is 0.866. The van der Waals surface area contributed by atoms with Crippen molar-refractivity contribution in [3.8, 4) is 5.75 Å². The van der Waals surface area contributed by atoms with Crippen molar-refractivity contribution >= 4 is 15.9 Å². The minimum atomic E-state index is -4.04. The number of nitrogens with one attached hydrogen (secondary N) is 1. The molecule has 1 aliphatic rings. The smallest absolute Gasteiger partial charge is 0.244 e. The van der Waals surface area contributed by atoms with Gasteiger partial charge in [0, 0.05) is 18.7 Å². The second-order valence-electron chi connectivity index (χ2n) is 6.42. The molecule has 144 valence electrons. The first-order valence-electron chi connectivity index (χ1n) is 8.46. The largest absolute Gasteiger partial charge is 0.496 e. The summed E-state index contributed by atoms with van der Waals surface area (Å²) in [4.78, 5) is 12.6. The van der Waals surface area contributed by atoms with Gasteiger partial charge in [-0.2, -0.15) is 4.31 Å². The van der Waals surface area contributed by atoms with Crippen molar-refractivity contribution in [2.75, 3.05) is 20.2 Å². The highest BCUT2D eigenvalue weighted by molar-refractivity contribution is 7.89. The van der Waals surface area contributed by atoms with Crippen LogP contribution in [0.15, 0.2) is 41.3 Å². The number of nitrogens with zero attached hydrogens (tertiary/aromatic N) is 1. The summed E-state index contributed by atoms with van der Waals surface area (Å²) in [6, 6.07) is 7.62. The summed E-state index contributed by atoms with van der Waals surface area (Å²) in [5.74, 6) is -0.589. The number of carbonyl (C=O) groups is 1. The molecular formula is C19H21FN2O4S. The van der Waals surface area contributed by atoms with Gasteiger partial charge in [0.15, 0.2) is 0 Å². The van der Waals surface area contributed by atoms with Crippen LogP contribution < -0.4 is 10.1 Å². The van der Waals surface area contributed by atoms with Crippen LogP contribution in [0.4, 0.5) is 4.39 Å². The number of halogens is 1. The first kappa shape index (κ1) is 19.3. The van der Waals surface area contributed by atoms with Crippen LogP contribution in [-0.2, 0) is 14.8 Å². The standard InChI is InChI=1S/C19H21FN2O4S/c1-12-11-17(13(2)10-16(12)26-3)27(24,25)22-9-8-21-19(23)18(22)14-6-4-5-7-15(14)20/h4-7,10-11,18H,8-9H2,1-3H3,(H,21,23). The van der Waals surface area contributed by atoms with Crippen molar-refractivity contribution in [3.63, 3.8) is 0 Å². The van der Waals surface area contributed by atoms with Gasteiger partial charge >= 0.3 is 0 Å². The number of methoxy groups -OCH3 is 1. The van der Waals surface area contributed by atoms with Crippen LogP contribution in [0.3, 0.4) is 0 Å². The lowest BCUT2D eigenvalue weighted by atomic mass is 10.0. The Balaban J connectivity index is 2.13. The SMILES string of the molecule is COc1cc(C)c(S(=O)(=O)N2CCNC(=O)C2c2ccccc2F)cc1C. The number of rotatable bonds is 4. The molecule has 0 spiro atoms. The lowest BCUT2D eigenvalue weighted by molar-refractivity contribution is -0.127. The van der Waals surface area contributed by atoms with E-state index in [9.17, 15) is 17.6 Å². The van der Waals surface area contributed by atoms with Gasteiger partial charge in [-0.05, 0) is 43.2 Å². The Bertz CT molecular complexity index is 991. The number of aryl methyl sites for hydroxylation is 2. The average molecular weight is 392 g/mol. The molecule has 0 radical (unpaired) electrons. The molecule has 2 aromatic rings. The van der Waals surface area contributed by atoms with Crippen molar-refractivity contribution in [1.82, 2.24) is 9.62 Å². The molecule has 1 fully saturated rings. The Kier molecular flexibility index (Phi) is 5.21. The summed E-state index contributed by atoms with van der Waals surface area (Å²) in [5.41, 5.74) is 1.18. The summed E-state index contributed by atoms with van der Waals surface area (Å²) in [5, 5.41) is 2.62. The van der Waals surface area contributed by atoms with E-state index in [-0.39, 0.29) is 23.5 Å². The van der Waals surface area contributed by atoms with Crippen molar-refractivity contribution in [2.24, 2.45) is 0 Å². The maximum atomic E-state index is 14.3. The van der Waals surface area contributed by atoms with Gasteiger partial charge in [-0.15, -0.1) is 0 Å². The topological polar surface area (TPSA) is 75.7 Å². The maximum absolute atomic E-state index is 14.3. The molecule has 1 aliphatic heterocycles. The second-order valence-corrected chi connectivity index (χ2v) is 8.28. The van der Waals surface area contributed by atoms with Crippen LogP contribution in [0.25, 0.3) is 0 Å². The number of ether oxygens (including phenoxy) is 1. The summed E-state index contributed by atoms with van der Waals surface area (Å²) < 4.78 is 47.4. The highest BCUT2D eigenvalue weighted by Gasteiger charge is 2.41. The molecule has 0 aliphatic carbocycles. The molecule has 2 aromatic carbocycles. The van der Waals surface area contributed by atoms with Crippen LogP contribution in [0, 0.1) is 19.7 Å². The van der Waals surface area contributed by atoms with Crippen molar-refractivity contribution in [2.45, 2.75) is 24.8 Å². The van der Waals surface area contributed by atoms with Crippen LogP contribution >= 0.6 is 0 Å². The predicted octanol–water partition coefficient (Wildman–Crippen LogP) is 2.31. The molecule has 1 amide bonds. The van der Waals surface area contributed by atoms with Crippen molar-refractivity contribution in [3.05, 3.63) is 58.9 Å². The Morgan fingerprint density at radius 1 is 1.19 bits per heavy atom. The second kappa shape index (κ2) is 7.28. The van der Waals surface area contributed by atoms with E-state index in [0.29, 0.717) is 16.9 Å². The van der Waals surface area contributed by atoms with Gasteiger partial charge in [0.25, 0.3) is 0 Å². The van der Waals surface area contributed by atoms with E-state index >= 15 is 0 Å². The molecule has 1 saturated heterocycles. The number of hydrogen-bond donors (Lipinski definition) is 1. The van der Waals surface area contributed by atoms with Gasteiger partial charge in [0.1, 0.15) is 17.6 Å². The minimum Gasteiger partial charge on any atom is -0.496 e. The van der Waals surface area contributed by atoms with Crippen LogP contribution in [-0.4, -0.2) is 38.8 Å². The molecule has 1 N–H and O–H groups in total. The summed E-state index contributed by atoms with van der Waals surface area (Å²) in [6.45, 7) is 3.63. The van der Waals surface area contributed by atoms with E-state index < -0.39 is 27.8 Å². The fourth-order valence-electron chi connectivity index (χ4n) is 3.29. The van der Waals surface area contributed by atoms with Gasteiger partial charge < -0.3 is 10.1 Å². The van der Waals surface area contributed by atoms with Crippen LogP contribution in [0.2, 0.25) is 0 Å². The third-order valence-electron chi connectivity index (χ3n) is 4.65. The van der Waals surface area contributed by atoms with E-state index in [1.807, 2.05) is 0 Å². The summed E-state index contributed by atoms with van der Waals surface area (Å²) in [7, 11) is -2.52. The number of hydrogen-bond acceptors (Lipinski definition) is 4. The molecular weight excluding hydrogens is 371 g/mol. The monoisotopic (exact) mass is 392 g/mol. The third-order valence-corrected chi connectivity index (χ3v) is 6.65. The highest BCUT2D eigenvalue weighted by atomic mass is 32.2. The lowest BCUT2D eigenvalue weighted by Crippen LogP contribution is -2.52. The summed E-state index contributed by atoms with van der Waals surface area (Å²) >= 11 is 0. The maximum Gasteiger partial charge on any atom is 0.244 e. The minimum absolute atomic E-state index is 0.0289. The van der Waals surface area contributed by atoms with Crippen LogP contribution in [0.1, 0.15) is 22.7 Å². The van der Waals surface area contributed by atoms with Gasteiger partial charge in [-0.3, -0.25) is 4.79 Å². The van der Waals surface area contributed by atoms with Gasteiger partial charge in [-0.1, -0.05) is 18.2 Å². The first-order valence-corrected chi connectivity index (χ1v) is 9.90. The van der Waals surface area contributed by atoms with Crippen LogP contribution in [0.5, 0.6) is 5.75 Å². The zero-order valence-electron chi connectivity index (χ0n) is 15.3. The predicted molar refractivity (Wildman–Crippen MR) is 98.5 cm³/mol. The number of piperazine rings is 1. The zero-order valence-corrected chi connectivity index (χ0v) is 16.1. The van der Waals surface area contributed by atoms with Gasteiger partial charge in [0.2, 0.25) is 15.9 Å². The lowest BCUT2D eigenvalue weighted by Gasteiger charge is -2.34. The number of amides is 1. The first-order chi connectivity index (χ1) is 12.8. The Morgan fingerprint density at radius 2 is 1.89 bits per heavy atom. The molecule has 0 saturated carbocycles. The van der Waals surface area contributed by atoms with E-state index in [1.54, 1.807) is 26.0 Å². The number of carbonyl (C=O) groups excluding carboxylic acids is 1. The van der Waals surface area contributed by atoms with E-state index in [2.05, 4.69) is 5.32 Å². The molecule has 27 heavy (non-hydrogen) atoms. The fourth-order valence-corrected chi connectivity index (χ4v) is 5.15. The molecule has 1 unspecified atom stereocenters. The molecule has 1 atom stereocenters. The van der Waals surface area contributed by atoms with E-state index in [0.717, 1.165) is 4.31 Å². The third kappa shape index (κ3) is 3.42. The molecule has 3 rings (SSSR count). The Labute approximate surface area is 158 Å². The molecule has 0 bridgehead atoms. The van der Waals surface area contributed by atoms with Crippen molar-refractivity contribution in [1.29, 1.82) is 0 Å². The molecule has 0 aromatic heterocycles. The number of sulfonamides is 1. The highest BCUT2D eigenvalue weighted by Crippen LogP contribution is 2.34. The molecule has 1 heterocycles. The van der Waals surface area contributed by atoms with Gasteiger partial charge in [0.05, 0.1) is 12.0 Å².